The molecule has 0 aromatic heterocycles. The first-order chi connectivity index (χ1) is 12.5. The van der Waals surface area contributed by atoms with Crippen LogP contribution in [-0.2, 0) is 14.8 Å². The fourth-order valence-corrected chi connectivity index (χ4v) is 3.84. The molecule has 27 heavy (non-hydrogen) atoms. The largest absolute Gasteiger partial charge is 0.483 e. The fraction of sp³-hybridized carbons (Fsp3) is 0.350. The van der Waals surface area contributed by atoms with E-state index >= 15 is 0 Å². The minimum Gasteiger partial charge on any atom is -0.483 e. The monoisotopic (exact) mass is 390 g/mol. The third-order valence-corrected chi connectivity index (χ3v) is 6.04. The SMILES string of the molecule is Cc1cc(C)c(NC(=O)COc2ccc(S(=O)(=O)N(C)C)cc2C)c(C)c1. The van der Waals surface area contributed by atoms with Crippen molar-refractivity contribution in [3.63, 3.8) is 0 Å². The molecule has 2 aromatic carbocycles. The van der Waals surface area contributed by atoms with Crippen molar-refractivity contribution >= 4 is 21.6 Å². The molecule has 0 fully saturated rings. The third kappa shape index (κ3) is 4.87. The Morgan fingerprint density at radius 3 is 2.11 bits per heavy atom. The van der Waals surface area contributed by atoms with E-state index in [1.807, 2.05) is 32.9 Å². The van der Waals surface area contributed by atoms with Gasteiger partial charge in [0, 0.05) is 19.8 Å². The van der Waals surface area contributed by atoms with Crippen LogP contribution < -0.4 is 10.1 Å². The van der Waals surface area contributed by atoms with Crippen molar-refractivity contribution in [2.45, 2.75) is 32.6 Å². The summed E-state index contributed by atoms with van der Waals surface area (Å²) >= 11 is 0. The van der Waals surface area contributed by atoms with Crippen LogP contribution in [-0.4, -0.2) is 39.3 Å². The number of benzene rings is 2. The number of hydrogen-bond acceptors (Lipinski definition) is 4. The highest BCUT2D eigenvalue weighted by molar-refractivity contribution is 7.89. The highest BCUT2D eigenvalue weighted by Crippen LogP contribution is 2.24. The first-order valence-electron chi connectivity index (χ1n) is 8.56. The summed E-state index contributed by atoms with van der Waals surface area (Å²) in [6, 6.07) is 8.61. The predicted octanol–water partition coefficient (Wildman–Crippen LogP) is 3.19. The van der Waals surface area contributed by atoms with Gasteiger partial charge in [-0.3, -0.25) is 4.79 Å². The minimum absolute atomic E-state index is 0.159. The van der Waals surface area contributed by atoms with Gasteiger partial charge in [0.15, 0.2) is 6.61 Å². The van der Waals surface area contributed by atoms with Crippen LogP contribution in [0.3, 0.4) is 0 Å². The number of hydrogen-bond donors (Lipinski definition) is 1. The molecule has 0 heterocycles. The Labute approximate surface area is 161 Å². The molecule has 146 valence electrons. The minimum atomic E-state index is -3.50. The second-order valence-electron chi connectivity index (χ2n) is 6.83. The maximum atomic E-state index is 12.3. The quantitative estimate of drug-likeness (QED) is 0.822. The van der Waals surface area contributed by atoms with Gasteiger partial charge in [-0.25, -0.2) is 12.7 Å². The Bertz CT molecular complexity index is 943. The Kier molecular flexibility index (Phi) is 6.28. The van der Waals surface area contributed by atoms with Gasteiger partial charge in [0.2, 0.25) is 10.0 Å². The number of aryl methyl sites for hydroxylation is 4. The van der Waals surface area contributed by atoms with E-state index < -0.39 is 10.0 Å². The Morgan fingerprint density at radius 1 is 1.00 bits per heavy atom. The van der Waals surface area contributed by atoms with Gasteiger partial charge in [0.25, 0.3) is 5.91 Å². The van der Waals surface area contributed by atoms with Crippen molar-refractivity contribution in [3.8, 4) is 5.75 Å². The number of amides is 1. The van der Waals surface area contributed by atoms with E-state index in [0.717, 1.165) is 26.7 Å². The highest BCUT2D eigenvalue weighted by Gasteiger charge is 2.18. The lowest BCUT2D eigenvalue weighted by molar-refractivity contribution is -0.118. The van der Waals surface area contributed by atoms with E-state index in [4.69, 9.17) is 4.74 Å². The third-order valence-electron chi connectivity index (χ3n) is 4.23. The van der Waals surface area contributed by atoms with Crippen molar-refractivity contribution in [2.75, 3.05) is 26.0 Å². The maximum absolute atomic E-state index is 12.3. The zero-order valence-electron chi connectivity index (χ0n) is 16.6. The molecule has 2 aromatic rings. The number of ether oxygens (including phenoxy) is 1. The lowest BCUT2D eigenvalue weighted by Gasteiger charge is -2.15. The zero-order valence-corrected chi connectivity index (χ0v) is 17.4. The van der Waals surface area contributed by atoms with Crippen LogP contribution >= 0.6 is 0 Å². The number of sulfonamides is 1. The average Bonchev–Trinajstić information content (AvgIpc) is 2.56. The van der Waals surface area contributed by atoms with Crippen LogP contribution in [0.25, 0.3) is 0 Å². The van der Waals surface area contributed by atoms with E-state index in [9.17, 15) is 13.2 Å². The standard InChI is InChI=1S/C20H26N2O4S/c1-13-9-15(3)20(16(4)10-13)21-19(23)12-26-18-8-7-17(11-14(18)2)27(24,25)22(5)6/h7-11H,12H2,1-6H3,(H,21,23). The molecule has 2 rings (SSSR count). The molecule has 0 aliphatic carbocycles. The molecule has 1 N–H and O–H groups in total. The average molecular weight is 391 g/mol. The van der Waals surface area contributed by atoms with Crippen LogP contribution in [0.4, 0.5) is 5.69 Å². The van der Waals surface area contributed by atoms with E-state index in [0.29, 0.717) is 11.3 Å². The van der Waals surface area contributed by atoms with Gasteiger partial charge in [-0.1, -0.05) is 17.7 Å². The van der Waals surface area contributed by atoms with Crippen molar-refractivity contribution in [1.29, 1.82) is 0 Å². The first kappa shape index (κ1) is 20.9. The van der Waals surface area contributed by atoms with Gasteiger partial charge < -0.3 is 10.1 Å². The maximum Gasteiger partial charge on any atom is 0.262 e. The number of nitrogens with zero attached hydrogens (tertiary/aromatic N) is 1. The number of anilines is 1. The predicted molar refractivity (Wildman–Crippen MR) is 107 cm³/mol. The van der Waals surface area contributed by atoms with E-state index in [1.165, 1.54) is 26.2 Å². The summed E-state index contributed by atoms with van der Waals surface area (Å²) in [5.74, 6) is 0.203. The smallest absolute Gasteiger partial charge is 0.262 e. The summed E-state index contributed by atoms with van der Waals surface area (Å²) in [5, 5.41) is 2.88. The lowest BCUT2D eigenvalue weighted by Crippen LogP contribution is -2.23. The van der Waals surface area contributed by atoms with Gasteiger partial charge in [-0.05, 0) is 62.6 Å². The van der Waals surface area contributed by atoms with E-state index in [2.05, 4.69) is 5.32 Å². The van der Waals surface area contributed by atoms with Gasteiger partial charge >= 0.3 is 0 Å². The summed E-state index contributed by atoms with van der Waals surface area (Å²) in [5.41, 5.74) is 4.57. The molecule has 0 atom stereocenters. The second kappa shape index (κ2) is 8.10. The molecule has 7 heteroatoms. The normalized spacial score (nSPS) is 11.5. The molecule has 0 unspecified atom stereocenters. The number of rotatable bonds is 6. The summed E-state index contributed by atoms with van der Waals surface area (Å²) < 4.78 is 31.1. The van der Waals surface area contributed by atoms with Crippen LogP contribution in [0.2, 0.25) is 0 Å². The molecule has 0 saturated carbocycles. The molecule has 0 spiro atoms. The highest BCUT2D eigenvalue weighted by atomic mass is 32.2. The van der Waals surface area contributed by atoms with Crippen molar-refractivity contribution in [1.82, 2.24) is 4.31 Å². The molecule has 0 radical (unpaired) electrons. The van der Waals surface area contributed by atoms with Gasteiger partial charge in [0.1, 0.15) is 5.75 Å². The summed E-state index contributed by atoms with van der Waals surface area (Å²) in [6.07, 6.45) is 0. The molecule has 0 bridgehead atoms. The Hall–Kier alpha value is -2.38. The van der Waals surface area contributed by atoms with E-state index in [-0.39, 0.29) is 17.4 Å². The van der Waals surface area contributed by atoms with Crippen LogP contribution in [0.5, 0.6) is 5.75 Å². The molecule has 0 aliphatic rings. The number of carbonyl (C=O) groups excluding carboxylic acids is 1. The van der Waals surface area contributed by atoms with Crippen molar-refractivity contribution < 1.29 is 17.9 Å². The Balaban J connectivity index is 2.08. The van der Waals surface area contributed by atoms with Gasteiger partial charge in [-0.15, -0.1) is 0 Å². The Morgan fingerprint density at radius 2 is 1.59 bits per heavy atom. The van der Waals surface area contributed by atoms with Gasteiger partial charge in [-0.2, -0.15) is 0 Å². The van der Waals surface area contributed by atoms with Gasteiger partial charge in [0.05, 0.1) is 4.90 Å². The van der Waals surface area contributed by atoms with Crippen LogP contribution in [0.1, 0.15) is 22.3 Å². The fourth-order valence-electron chi connectivity index (χ4n) is 2.85. The van der Waals surface area contributed by atoms with Crippen LogP contribution in [0, 0.1) is 27.7 Å². The molecule has 0 aliphatic heterocycles. The first-order valence-corrected chi connectivity index (χ1v) is 10.00. The number of carbonyl (C=O) groups is 1. The van der Waals surface area contributed by atoms with Crippen LogP contribution in [0.15, 0.2) is 35.2 Å². The zero-order chi connectivity index (χ0) is 20.4. The molecule has 0 saturated heterocycles. The summed E-state index contributed by atoms with van der Waals surface area (Å²) in [6.45, 7) is 7.50. The topological polar surface area (TPSA) is 75.7 Å². The number of nitrogens with one attached hydrogen (secondary N) is 1. The lowest BCUT2D eigenvalue weighted by atomic mass is 10.1. The van der Waals surface area contributed by atoms with Crippen molar-refractivity contribution in [3.05, 3.63) is 52.6 Å². The summed E-state index contributed by atoms with van der Waals surface area (Å²) in [7, 11) is -0.541. The molecule has 1 amide bonds. The summed E-state index contributed by atoms with van der Waals surface area (Å²) in [4.78, 5) is 12.5. The molecular formula is C20H26N2O4S. The molecular weight excluding hydrogens is 364 g/mol. The van der Waals surface area contributed by atoms with E-state index in [1.54, 1.807) is 13.0 Å². The second-order valence-corrected chi connectivity index (χ2v) is 8.98. The van der Waals surface area contributed by atoms with Crippen molar-refractivity contribution in [2.24, 2.45) is 0 Å². The molecule has 6 nitrogen and oxygen atoms in total.